The summed E-state index contributed by atoms with van der Waals surface area (Å²) >= 11 is 0. The summed E-state index contributed by atoms with van der Waals surface area (Å²) < 4.78 is 0. The van der Waals surface area contributed by atoms with Crippen LogP contribution in [0.15, 0.2) is 60.8 Å². The zero-order valence-electron chi connectivity index (χ0n) is 18.2. The molecule has 4 aromatic rings. The summed E-state index contributed by atoms with van der Waals surface area (Å²) in [6, 6.07) is 16.7. The Labute approximate surface area is 186 Å². The fraction of sp³-hybridized carbons (Fsp3) is 0.167. The van der Waals surface area contributed by atoms with Gasteiger partial charge >= 0.3 is 0 Å². The fourth-order valence-electron chi connectivity index (χ4n) is 3.33. The number of nitrogens with zero attached hydrogens (tertiary/aromatic N) is 3. The summed E-state index contributed by atoms with van der Waals surface area (Å²) in [4.78, 5) is 25.5. The van der Waals surface area contributed by atoms with Crippen LogP contribution in [-0.2, 0) is 5.41 Å². The molecule has 2 aromatic heterocycles. The zero-order valence-corrected chi connectivity index (χ0v) is 18.2. The number of hydrogen-bond acceptors (Lipinski definition) is 7. The van der Waals surface area contributed by atoms with Crippen molar-refractivity contribution in [1.82, 2.24) is 15.0 Å². The molecule has 1 amide bonds. The van der Waals surface area contributed by atoms with Crippen molar-refractivity contribution in [3.63, 3.8) is 0 Å². The first-order valence-corrected chi connectivity index (χ1v) is 10.2. The molecule has 4 rings (SSSR count). The van der Waals surface area contributed by atoms with E-state index < -0.39 is 0 Å². The van der Waals surface area contributed by atoms with E-state index >= 15 is 0 Å². The summed E-state index contributed by atoms with van der Waals surface area (Å²) in [6.07, 6.45) is 1.62. The van der Waals surface area contributed by atoms with Crippen molar-refractivity contribution in [2.45, 2.75) is 26.2 Å². The molecule has 0 aliphatic rings. The average molecular weight is 428 g/mol. The van der Waals surface area contributed by atoms with E-state index in [2.05, 4.69) is 46.4 Å². The Hall–Kier alpha value is -4.20. The van der Waals surface area contributed by atoms with Gasteiger partial charge in [-0.15, -0.1) is 0 Å². The topological polar surface area (TPSA) is 132 Å². The number of hydrogen-bond donors (Lipinski definition) is 4. The van der Waals surface area contributed by atoms with Gasteiger partial charge in [0.1, 0.15) is 11.6 Å². The summed E-state index contributed by atoms with van der Waals surface area (Å²) in [5.41, 5.74) is 15.3. The Bertz CT molecular complexity index is 1290. The van der Waals surface area contributed by atoms with Crippen molar-refractivity contribution in [1.29, 1.82) is 0 Å². The summed E-state index contributed by atoms with van der Waals surface area (Å²) in [5, 5.41) is 6.78. The minimum Gasteiger partial charge on any atom is -0.383 e. The van der Waals surface area contributed by atoms with Crippen LogP contribution in [0.3, 0.4) is 0 Å². The Kier molecular flexibility index (Phi) is 5.36. The van der Waals surface area contributed by atoms with E-state index in [9.17, 15) is 4.79 Å². The van der Waals surface area contributed by atoms with Gasteiger partial charge in [0.15, 0.2) is 0 Å². The van der Waals surface area contributed by atoms with Gasteiger partial charge in [-0.05, 0) is 53.4 Å². The first kappa shape index (κ1) is 21.0. The van der Waals surface area contributed by atoms with Gasteiger partial charge < -0.3 is 22.1 Å². The van der Waals surface area contributed by atoms with E-state index in [4.69, 9.17) is 11.5 Å². The van der Waals surface area contributed by atoms with Gasteiger partial charge in [-0.25, -0.2) is 9.97 Å². The second-order valence-corrected chi connectivity index (χ2v) is 8.51. The largest absolute Gasteiger partial charge is 0.383 e. The monoisotopic (exact) mass is 427 g/mol. The van der Waals surface area contributed by atoms with Crippen LogP contribution in [0.2, 0.25) is 0 Å². The molecule has 8 nitrogen and oxygen atoms in total. The van der Waals surface area contributed by atoms with E-state index in [1.54, 1.807) is 30.5 Å². The normalized spacial score (nSPS) is 11.3. The molecule has 0 saturated heterocycles. The molecule has 8 heteroatoms. The predicted octanol–water partition coefficient (Wildman–Crippen LogP) is 4.48. The first-order chi connectivity index (χ1) is 15.2. The lowest BCUT2D eigenvalue weighted by Crippen LogP contribution is -2.15. The van der Waals surface area contributed by atoms with Crippen molar-refractivity contribution in [2.24, 2.45) is 0 Å². The number of nitrogens with two attached hydrogens (primary N) is 2. The number of benzene rings is 2. The Morgan fingerprint density at radius 3 is 2.38 bits per heavy atom. The minimum absolute atomic E-state index is 0.0446. The second-order valence-electron chi connectivity index (χ2n) is 8.51. The number of carbonyl (C=O) groups is 1. The van der Waals surface area contributed by atoms with Gasteiger partial charge in [0.2, 0.25) is 5.95 Å². The molecule has 0 bridgehead atoms. The molecule has 162 valence electrons. The zero-order chi connectivity index (χ0) is 22.9. The summed E-state index contributed by atoms with van der Waals surface area (Å²) in [7, 11) is 0. The molecule has 6 N–H and O–H groups in total. The predicted molar refractivity (Wildman–Crippen MR) is 129 cm³/mol. The number of amides is 1. The van der Waals surface area contributed by atoms with Crippen LogP contribution in [-0.4, -0.2) is 20.9 Å². The third kappa shape index (κ3) is 4.44. The number of carbonyl (C=O) groups excluding carboxylic acids is 1. The van der Waals surface area contributed by atoms with Crippen LogP contribution < -0.4 is 22.1 Å². The molecule has 2 aromatic carbocycles. The molecule has 0 unspecified atom stereocenters. The Balaban J connectivity index is 1.58. The number of pyridine rings is 1. The molecular formula is C24H25N7O. The maximum atomic E-state index is 13.0. The van der Waals surface area contributed by atoms with Crippen LogP contribution in [0.25, 0.3) is 10.9 Å². The molecule has 0 spiro atoms. The highest BCUT2D eigenvalue weighted by atomic mass is 16.1. The maximum absolute atomic E-state index is 13.0. The van der Waals surface area contributed by atoms with Crippen molar-refractivity contribution < 1.29 is 4.79 Å². The van der Waals surface area contributed by atoms with E-state index in [-0.39, 0.29) is 23.1 Å². The molecule has 0 aliphatic carbocycles. The minimum atomic E-state index is -0.263. The van der Waals surface area contributed by atoms with Crippen LogP contribution in [0.1, 0.15) is 36.7 Å². The summed E-state index contributed by atoms with van der Waals surface area (Å²) in [5.74, 6) is 0.565. The van der Waals surface area contributed by atoms with E-state index in [0.717, 1.165) is 0 Å². The van der Waals surface area contributed by atoms with Crippen LogP contribution in [0.5, 0.6) is 0 Å². The second kappa shape index (κ2) is 8.14. The quantitative estimate of drug-likeness (QED) is 0.377. The van der Waals surface area contributed by atoms with Gasteiger partial charge in [0, 0.05) is 23.0 Å². The molecule has 0 atom stereocenters. The number of nitrogen functional groups attached to an aromatic ring is 2. The molecule has 0 radical (unpaired) electrons. The van der Waals surface area contributed by atoms with E-state index in [1.165, 1.54) is 5.56 Å². The molecule has 32 heavy (non-hydrogen) atoms. The lowest BCUT2D eigenvalue weighted by molar-refractivity contribution is 0.102. The van der Waals surface area contributed by atoms with E-state index in [1.807, 2.05) is 30.3 Å². The van der Waals surface area contributed by atoms with Crippen LogP contribution in [0.4, 0.5) is 29.0 Å². The highest BCUT2D eigenvalue weighted by Gasteiger charge is 2.16. The lowest BCUT2D eigenvalue weighted by Gasteiger charge is -2.19. The average Bonchev–Trinajstić information content (AvgIpc) is 2.74. The highest BCUT2D eigenvalue weighted by molar-refractivity contribution is 6.08. The molecule has 0 saturated carbocycles. The third-order valence-corrected chi connectivity index (χ3v) is 5.07. The van der Waals surface area contributed by atoms with Crippen molar-refractivity contribution >= 4 is 45.8 Å². The number of fused-ring (bicyclic) bond motifs is 1. The van der Waals surface area contributed by atoms with Crippen LogP contribution in [0, 0.1) is 0 Å². The number of aromatic nitrogens is 3. The first-order valence-electron chi connectivity index (χ1n) is 10.2. The molecular weight excluding hydrogens is 402 g/mol. The lowest BCUT2D eigenvalue weighted by atomic mass is 9.87. The smallest absolute Gasteiger partial charge is 0.259 e. The number of nitrogens with one attached hydrogen (secondary N) is 2. The van der Waals surface area contributed by atoms with Gasteiger partial charge in [-0.3, -0.25) is 4.79 Å². The van der Waals surface area contributed by atoms with Gasteiger partial charge in [-0.2, -0.15) is 4.98 Å². The van der Waals surface area contributed by atoms with Crippen molar-refractivity contribution in [2.75, 3.05) is 22.1 Å². The standard InChI is InChI=1S/C24H25N7O/c1-24(2,3)14-6-8-15(9-7-14)29-22(32)17-5-4-12-27-21(17)28-16-10-11-19-18(13-16)20(25)31-23(26)30-19/h4-13H,1-3H3,(H,27,28)(H,29,32)(H4,25,26,30,31). The molecule has 2 heterocycles. The van der Waals surface area contributed by atoms with Gasteiger partial charge in [0.25, 0.3) is 5.91 Å². The Morgan fingerprint density at radius 2 is 1.66 bits per heavy atom. The molecule has 0 fully saturated rings. The van der Waals surface area contributed by atoms with Crippen LogP contribution >= 0.6 is 0 Å². The van der Waals surface area contributed by atoms with Crippen molar-refractivity contribution in [3.05, 3.63) is 71.9 Å². The SMILES string of the molecule is CC(C)(C)c1ccc(NC(=O)c2cccnc2Nc2ccc3nc(N)nc(N)c3c2)cc1. The highest BCUT2D eigenvalue weighted by Crippen LogP contribution is 2.27. The maximum Gasteiger partial charge on any atom is 0.259 e. The van der Waals surface area contributed by atoms with Gasteiger partial charge in [-0.1, -0.05) is 32.9 Å². The third-order valence-electron chi connectivity index (χ3n) is 5.07. The number of anilines is 5. The number of rotatable bonds is 4. The van der Waals surface area contributed by atoms with Crippen molar-refractivity contribution in [3.8, 4) is 0 Å². The Morgan fingerprint density at radius 1 is 0.938 bits per heavy atom. The fourth-order valence-corrected chi connectivity index (χ4v) is 3.33. The van der Waals surface area contributed by atoms with E-state index in [0.29, 0.717) is 33.7 Å². The summed E-state index contributed by atoms with van der Waals surface area (Å²) in [6.45, 7) is 6.45. The molecule has 0 aliphatic heterocycles. The van der Waals surface area contributed by atoms with Gasteiger partial charge in [0.05, 0.1) is 11.1 Å².